The van der Waals surface area contributed by atoms with E-state index in [4.69, 9.17) is 9.47 Å². The molecule has 0 heterocycles. The summed E-state index contributed by atoms with van der Waals surface area (Å²) in [6, 6.07) is 14.7. The standard InChI is InChI=1S/C17H17NO3/c1-20-15-8-5-7-14(12-15)18-17(19)11-10-13-6-3-4-9-16(13)21-2/h3-12H,1-2H3,(H,18,19)/b11-10+. The van der Waals surface area contributed by atoms with Crippen LogP contribution in [0.4, 0.5) is 5.69 Å². The molecule has 1 N–H and O–H groups in total. The number of amides is 1. The zero-order valence-electron chi connectivity index (χ0n) is 12.0. The van der Waals surface area contributed by atoms with Gasteiger partial charge in [0.25, 0.3) is 0 Å². The third-order valence-corrected chi connectivity index (χ3v) is 2.89. The summed E-state index contributed by atoms with van der Waals surface area (Å²) in [5.41, 5.74) is 1.53. The first-order valence-corrected chi connectivity index (χ1v) is 6.49. The van der Waals surface area contributed by atoms with Gasteiger partial charge in [-0.1, -0.05) is 24.3 Å². The largest absolute Gasteiger partial charge is 0.497 e. The molecule has 1 amide bonds. The van der Waals surface area contributed by atoms with Crippen LogP contribution in [0.2, 0.25) is 0 Å². The van der Waals surface area contributed by atoms with E-state index in [1.165, 1.54) is 6.08 Å². The molecule has 0 bridgehead atoms. The van der Waals surface area contributed by atoms with Crippen molar-refractivity contribution in [3.63, 3.8) is 0 Å². The Morgan fingerprint density at radius 2 is 1.86 bits per heavy atom. The molecule has 0 aliphatic heterocycles. The highest BCUT2D eigenvalue weighted by atomic mass is 16.5. The Morgan fingerprint density at radius 1 is 1.05 bits per heavy atom. The van der Waals surface area contributed by atoms with E-state index in [9.17, 15) is 4.79 Å². The number of hydrogen-bond donors (Lipinski definition) is 1. The molecular formula is C17H17NO3. The summed E-state index contributed by atoms with van der Waals surface area (Å²) in [5, 5.41) is 2.78. The molecule has 4 nitrogen and oxygen atoms in total. The normalized spacial score (nSPS) is 10.4. The zero-order valence-corrected chi connectivity index (χ0v) is 12.0. The molecule has 0 aromatic heterocycles. The van der Waals surface area contributed by atoms with Gasteiger partial charge in [-0.15, -0.1) is 0 Å². The summed E-state index contributed by atoms with van der Waals surface area (Å²) < 4.78 is 10.3. The number of rotatable bonds is 5. The van der Waals surface area contributed by atoms with E-state index in [1.54, 1.807) is 32.4 Å². The van der Waals surface area contributed by atoms with Gasteiger partial charge in [0, 0.05) is 23.4 Å². The van der Waals surface area contributed by atoms with E-state index in [-0.39, 0.29) is 5.91 Å². The number of nitrogens with one attached hydrogen (secondary N) is 1. The first kappa shape index (κ1) is 14.7. The predicted molar refractivity (Wildman–Crippen MR) is 83.7 cm³/mol. The molecule has 0 fully saturated rings. The van der Waals surface area contributed by atoms with Crippen molar-refractivity contribution in [1.29, 1.82) is 0 Å². The van der Waals surface area contributed by atoms with Crippen molar-refractivity contribution < 1.29 is 14.3 Å². The second-order valence-electron chi connectivity index (χ2n) is 4.30. The van der Waals surface area contributed by atoms with E-state index < -0.39 is 0 Å². The molecule has 4 heteroatoms. The Hall–Kier alpha value is -2.75. The number of carbonyl (C=O) groups excluding carboxylic acids is 1. The minimum absolute atomic E-state index is 0.214. The SMILES string of the molecule is COc1cccc(NC(=O)/C=C/c2ccccc2OC)c1. The first-order chi connectivity index (χ1) is 10.2. The highest BCUT2D eigenvalue weighted by Gasteiger charge is 2.01. The average Bonchev–Trinajstić information content (AvgIpc) is 2.53. The molecule has 0 spiro atoms. The number of para-hydroxylation sites is 1. The summed E-state index contributed by atoms with van der Waals surface area (Å²) in [7, 11) is 3.19. The van der Waals surface area contributed by atoms with Gasteiger partial charge >= 0.3 is 0 Å². The van der Waals surface area contributed by atoms with E-state index in [0.717, 1.165) is 11.3 Å². The van der Waals surface area contributed by atoms with Crippen molar-refractivity contribution in [2.24, 2.45) is 0 Å². The molecule has 108 valence electrons. The fraction of sp³-hybridized carbons (Fsp3) is 0.118. The van der Waals surface area contributed by atoms with Gasteiger partial charge in [0.2, 0.25) is 5.91 Å². The quantitative estimate of drug-likeness (QED) is 0.856. The third-order valence-electron chi connectivity index (χ3n) is 2.89. The summed E-state index contributed by atoms with van der Waals surface area (Å²) in [5.74, 6) is 1.21. The van der Waals surface area contributed by atoms with E-state index in [2.05, 4.69) is 5.32 Å². The van der Waals surface area contributed by atoms with Crippen LogP contribution < -0.4 is 14.8 Å². The maximum atomic E-state index is 11.9. The van der Waals surface area contributed by atoms with Crippen LogP contribution in [0.3, 0.4) is 0 Å². The lowest BCUT2D eigenvalue weighted by Crippen LogP contribution is -2.07. The molecular weight excluding hydrogens is 266 g/mol. The lowest BCUT2D eigenvalue weighted by molar-refractivity contribution is -0.111. The Labute approximate surface area is 124 Å². The molecule has 2 rings (SSSR count). The van der Waals surface area contributed by atoms with Gasteiger partial charge in [-0.05, 0) is 24.3 Å². The number of carbonyl (C=O) groups is 1. The number of anilines is 1. The number of hydrogen-bond acceptors (Lipinski definition) is 3. The second-order valence-corrected chi connectivity index (χ2v) is 4.30. The maximum Gasteiger partial charge on any atom is 0.248 e. The smallest absolute Gasteiger partial charge is 0.248 e. The topological polar surface area (TPSA) is 47.6 Å². The molecule has 0 aliphatic carbocycles. The number of ether oxygens (including phenoxy) is 2. The van der Waals surface area contributed by atoms with Crippen LogP contribution in [-0.2, 0) is 4.79 Å². The Kier molecular flexibility index (Phi) is 4.99. The van der Waals surface area contributed by atoms with E-state index in [0.29, 0.717) is 11.4 Å². The summed E-state index contributed by atoms with van der Waals surface area (Å²) in [6.07, 6.45) is 3.19. The highest BCUT2D eigenvalue weighted by Crippen LogP contribution is 2.19. The summed E-state index contributed by atoms with van der Waals surface area (Å²) in [6.45, 7) is 0. The van der Waals surface area contributed by atoms with Gasteiger partial charge in [0.15, 0.2) is 0 Å². The molecule has 2 aromatic rings. The molecule has 0 saturated heterocycles. The predicted octanol–water partition coefficient (Wildman–Crippen LogP) is 3.36. The first-order valence-electron chi connectivity index (χ1n) is 6.49. The van der Waals surface area contributed by atoms with Crippen molar-refractivity contribution in [2.45, 2.75) is 0 Å². The van der Waals surface area contributed by atoms with Crippen molar-refractivity contribution in [3.05, 3.63) is 60.2 Å². The summed E-state index contributed by atoms with van der Waals surface area (Å²) >= 11 is 0. The van der Waals surface area contributed by atoms with Crippen LogP contribution in [0, 0.1) is 0 Å². The molecule has 0 saturated carbocycles. The minimum atomic E-state index is -0.214. The lowest BCUT2D eigenvalue weighted by Gasteiger charge is -2.05. The van der Waals surface area contributed by atoms with Crippen LogP contribution in [0.1, 0.15) is 5.56 Å². The fourth-order valence-corrected chi connectivity index (χ4v) is 1.85. The third kappa shape index (κ3) is 4.11. The van der Waals surface area contributed by atoms with Crippen LogP contribution >= 0.6 is 0 Å². The average molecular weight is 283 g/mol. The van der Waals surface area contributed by atoms with E-state index in [1.807, 2.05) is 36.4 Å². The van der Waals surface area contributed by atoms with Gasteiger partial charge in [0.1, 0.15) is 11.5 Å². The monoisotopic (exact) mass is 283 g/mol. The molecule has 0 aliphatic rings. The van der Waals surface area contributed by atoms with E-state index >= 15 is 0 Å². The van der Waals surface area contributed by atoms with Gasteiger partial charge in [-0.2, -0.15) is 0 Å². The molecule has 21 heavy (non-hydrogen) atoms. The van der Waals surface area contributed by atoms with Crippen molar-refractivity contribution in [3.8, 4) is 11.5 Å². The van der Waals surface area contributed by atoms with Crippen LogP contribution in [0.15, 0.2) is 54.6 Å². The Bertz CT molecular complexity index is 650. The van der Waals surface area contributed by atoms with Gasteiger partial charge in [-0.3, -0.25) is 4.79 Å². The lowest BCUT2D eigenvalue weighted by atomic mass is 10.2. The van der Waals surface area contributed by atoms with Crippen LogP contribution in [-0.4, -0.2) is 20.1 Å². The molecule has 0 radical (unpaired) electrons. The molecule has 0 atom stereocenters. The van der Waals surface area contributed by atoms with Crippen LogP contribution in [0.25, 0.3) is 6.08 Å². The van der Waals surface area contributed by atoms with Crippen molar-refractivity contribution >= 4 is 17.7 Å². The highest BCUT2D eigenvalue weighted by molar-refractivity contribution is 6.02. The van der Waals surface area contributed by atoms with Gasteiger partial charge in [0.05, 0.1) is 14.2 Å². The van der Waals surface area contributed by atoms with Crippen molar-refractivity contribution in [2.75, 3.05) is 19.5 Å². The molecule has 0 unspecified atom stereocenters. The number of methoxy groups -OCH3 is 2. The van der Waals surface area contributed by atoms with Crippen LogP contribution in [0.5, 0.6) is 11.5 Å². The minimum Gasteiger partial charge on any atom is -0.497 e. The maximum absolute atomic E-state index is 11.9. The Balaban J connectivity index is 2.05. The van der Waals surface area contributed by atoms with Crippen molar-refractivity contribution in [1.82, 2.24) is 0 Å². The van der Waals surface area contributed by atoms with Gasteiger partial charge < -0.3 is 14.8 Å². The second kappa shape index (κ2) is 7.14. The fourth-order valence-electron chi connectivity index (χ4n) is 1.85. The van der Waals surface area contributed by atoms with Gasteiger partial charge in [-0.25, -0.2) is 0 Å². The molecule has 2 aromatic carbocycles. The zero-order chi connectivity index (χ0) is 15.1. The number of benzene rings is 2. The Morgan fingerprint density at radius 3 is 2.62 bits per heavy atom. The summed E-state index contributed by atoms with van der Waals surface area (Å²) in [4.78, 5) is 11.9.